The van der Waals surface area contributed by atoms with Crippen molar-refractivity contribution in [3.8, 4) is 5.75 Å². The second kappa shape index (κ2) is 8.20. The van der Waals surface area contributed by atoms with Crippen molar-refractivity contribution >= 4 is 11.8 Å². The number of piperazine rings is 1. The van der Waals surface area contributed by atoms with Crippen molar-refractivity contribution < 1.29 is 18.7 Å². The van der Waals surface area contributed by atoms with Crippen LogP contribution < -0.4 is 4.74 Å². The number of rotatable bonds is 4. The summed E-state index contributed by atoms with van der Waals surface area (Å²) < 4.78 is 18.9. The molecule has 0 atom stereocenters. The van der Waals surface area contributed by atoms with Crippen LogP contribution in [0.5, 0.6) is 5.75 Å². The van der Waals surface area contributed by atoms with Gasteiger partial charge in [0, 0.05) is 31.7 Å². The number of amides is 2. The number of nitrogens with zero attached hydrogens (tertiary/aromatic N) is 2. The number of ether oxygens (including phenoxy) is 1. The Labute approximate surface area is 158 Å². The molecule has 0 bridgehead atoms. The van der Waals surface area contributed by atoms with Gasteiger partial charge in [0.05, 0.1) is 0 Å². The molecule has 0 saturated carbocycles. The van der Waals surface area contributed by atoms with Crippen LogP contribution in [0.2, 0.25) is 0 Å². The molecule has 2 aromatic carbocycles. The first-order valence-electron chi connectivity index (χ1n) is 8.97. The minimum Gasteiger partial charge on any atom is -0.484 e. The molecule has 2 amide bonds. The minimum atomic E-state index is -0.324. The van der Waals surface area contributed by atoms with Gasteiger partial charge >= 0.3 is 0 Å². The summed E-state index contributed by atoms with van der Waals surface area (Å²) in [5, 5.41) is 0. The van der Waals surface area contributed by atoms with Gasteiger partial charge in [-0.05, 0) is 49.7 Å². The van der Waals surface area contributed by atoms with Crippen LogP contribution >= 0.6 is 0 Å². The highest BCUT2D eigenvalue weighted by Gasteiger charge is 2.25. The van der Waals surface area contributed by atoms with Crippen molar-refractivity contribution in [1.82, 2.24) is 9.80 Å². The van der Waals surface area contributed by atoms with E-state index in [4.69, 9.17) is 4.74 Å². The summed E-state index contributed by atoms with van der Waals surface area (Å²) in [5.41, 5.74) is 2.05. The molecule has 142 valence electrons. The largest absolute Gasteiger partial charge is 0.484 e. The summed E-state index contributed by atoms with van der Waals surface area (Å²) in [6.45, 7) is 5.43. The minimum absolute atomic E-state index is 0.0197. The van der Waals surface area contributed by atoms with Crippen molar-refractivity contribution in [2.45, 2.75) is 13.8 Å². The maximum absolute atomic E-state index is 13.4. The van der Waals surface area contributed by atoms with E-state index in [1.165, 1.54) is 12.1 Å². The summed E-state index contributed by atoms with van der Waals surface area (Å²) in [5.74, 6) is 0.103. The average molecular weight is 370 g/mol. The number of halogens is 1. The summed E-state index contributed by atoms with van der Waals surface area (Å²) in [7, 11) is 0. The van der Waals surface area contributed by atoms with E-state index in [9.17, 15) is 14.0 Å². The monoisotopic (exact) mass is 370 g/mol. The highest BCUT2D eigenvalue weighted by molar-refractivity contribution is 5.94. The number of carbonyl (C=O) groups excluding carboxylic acids is 2. The van der Waals surface area contributed by atoms with Gasteiger partial charge in [-0.3, -0.25) is 9.59 Å². The van der Waals surface area contributed by atoms with Gasteiger partial charge in [-0.15, -0.1) is 0 Å². The zero-order chi connectivity index (χ0) is 19.4. The Balaban J connectivity index is 1.50. The molecular formula is C21H23FN2O3. The van der Waals surface area contributed by atoms with Crippen LogP contribution in [-0.2, 0) is 4.79 Å². The number of hydrogen-bond acceptors (Lipinski definition) is 3. The van der Waals surface area contributed by atoms with Gasteiger partial charge in [0.2, 0.25) is 0 Å². The molecular weight excluding hydrogens is 347 g/mol. The normalized spacial score (nSPS) is 14.2. The number of aryl methyl sites for hydroxylation is 2. The molecule has 0 spiro atoms. The van der Waals surface area contributed by atoms with Crippen LogP contribution in [0, 0.1) is 19.7 Å². The fourth-order valence-corrected chi connectivity index (χ4v) is 2.99. The molecule has 1 fully saturated rings. The van der Waals surface area contributed by atoms with E-state index in [1.807, 2.05) is 31.2 Å². The zero-order valence-electron chi connectivity index (χ0n) is 15.6. The SMILES string of the molecule is Cc1ccc(OCC(=O)N2CCN(C(=O)c3ccc(F)c(C)c3)CC2)cc1. The maximum Gasteiger partial charge on any atom is 0.260 e. The first-order chi connectivity index (χ1) is 12.9. The van der Waals surface area contributed by atoms with Gasteiger partial charge in [0.1, 0.15) is 11.6 Å². The fraction of sp³-hybridized carbons (Fsp3) is 0.333. The third-order valence-corrected chi connectivity index (χ3v) is 4.71. The second-order valence-electron chi connectivity index (χ2n) is 6.74. The lowest BCUT2D eigenvalue weighted by molar-refractivity contribution is -0.134. The number of hydrogen-bond donors (Lipinski definition) is 0. The van der Waals surface area contributed by atoms with Gasteiger partial charge in [-0.2, -0.15) is 0 Å². The summed E-state index contributed by atoms with van der Waals surface area (Å²) in [6.07, 6.45) is 0. The molecule has 0 unspecified atom stereocenters. The summed E-state index contributed by atoms with van der Waals surface area (Å²) in [6, 6.07) is 11.9. The lowest BCUT2D eigenvalue weighted by Crippen LogP contribution is -2.51. The third-order valence-electron chi connectivity index (χ3n) is 4.71. The zero-order valence-corrected chi connectivity index (χ0v) is 15.6. The smallest absolute Gasteiger partial charge is 0.260 e. The Kier molecular flexibility index (Phi) is 5.74. The summed E-state index contributed by atoms with van der Waals surface area (Å²) in [4.78, 5) is 28.3. The van der Waals surface area contributed by atoms with Crippen molar-refractivity contribution in [2.75, 3.05) is 32.8 Å². The van der Waals surface area contributed by atoms with Crippen molar-refractivity contribution in [3.63, 3.8) is 0 Å². The molecule has 1 heterocycles. The molecule has 0 radical (unpaired) electrons. The van der Waals surface area contributed by atoms with E-state index in [0.29, 0.717) is 43.1 Å². The first kappa shape index (κ1) is 18.9. The number of benzene rings is 2. The standard InChI is InChI=1S/C21H23FN2O3/c1-15-3-6-18(7-4-15)27-14-20(25)23-9-11-24(12-10-23)21(26)17-5-8-19(22)16(2)13-17/h3-8,13H,9-12,14H2,1-2H3. The van der Waals surface area contributed by atoms with Crippen LogP contribution in [0.3, 0.4) is 0 Å². The Morgan fingerprint density at radius 2 is 1.59 bits per heavy atom. The van der Waals surface area contributed by atoms with Gasteiger partial charge in [-0.25, -0.2) is 4.39 Å². The third kappa shape index (κ3) is 4.64. The van der Waals surface area contributed by atoms with Gasteiger partial charge in [-0.1, -0.05) is 17.7 Å². The van der Waals surface area contributed by atoms with E-state index in [1.54, 1.807) is 22.8 Å². The van der Waals surface area contributed by atoms with E-state index in [0.717, 1.165) is 5.56 Å². The van der Waals surface area contributed by atoms with Crippen LogP contribution in [0.1, 0.15) is 21.5 Å². The molecule has 6 heteroatoms. The molecule has 2 aromatic rings. The predicted molar refractivity (Wildman–Crippen MR) is 100 cm³/mol. The topological polar surface area (TPSA) is 49.9 Å². The van der Waals surface area contributed by atoms with E-state index in [-0.39, 0.29) is 24.2 Å². The molecule has 1 aliphatic heterocycles. The van der Waals surface area contributed by atoms with Crippen LogP contribution in [0.15, 0.2) is 42.5 Å². The van der Waals surface area contributed by atoms with E-state index in [2.05, 4.69) is 0 Å². The molecule has 0 aromatic heterocycles. The Morgan fingerprint density at radius 1 is 0.963 bits per heavy atom. The molecule has 27 heavy (non-hydrogen) atoms. The lowest BCUT2D eigenvalue weighted by Gasteiger charge is -2.34. The van der Waals surface area contributed by atoms with Crippen molar-refractivity contribution in [2.24, 2.45) is 0 Å². The van der Waals surface area contributed by atoms with Crippen LogP contribution in [0.4, 0.5) is 4.39 Å². The van der Waals surface area contributed by atoms with E-state index < -0.39 is 0 Å². The van der Waals surface area contributed by atoms with Gasteiger partial charge in [0.25, 0.3) is 11.8 Å². The molecule has 0 aliphatic carbocycles. The molecule has 5 nitrogen and oxygen atoms in total. The van der Waals surface area contributed by atoms with Gasteiger partial charge in [0.15, 0.2) is 6.61 Å². The Morgan fingerprint density at radius 3 is 2.22 bits per heavy atom. The van der Waals surface area contributed by atoms with Crippen LogP contribution in [-0.4, -0.2) is 54.4 Å². The highest BCUT2D eigenvalue weighted by atomic mass is 19.1. The maximum atomic E-state index is 13.4. The molecule has 0 N–H and O–H groups in total. The van der Waals surface area contributed by atoms with Crippen LogP contribution in [0.25, 0.3) is 0 Å². The van der Waals surface area contributed by atoms with Crippen molar-refractivity contribution in [1.29, 1.82) is 0 Å². The quantitative estimate of drug-likeness (QED) is 0.832. The van der Waals surface area contributed by atoms with E-state index >= 15 is 0 Å². The lowest BCUT2D eigenvalue weighted by atomic mass is 10.1. The summed E-state index contributed by atoms with van der Waals surface area (Å²) >= 11 is 0. The van der Waals surface area contributed by atoms with Gasteiger partial charge < -0.3 is 14.5 Å². The molecule has 1 aliphatic rings. The highest BCUT2D eigenvalue weighted by Crippen LogP contribution is 2.14. The predicted octanol–water partition coefficient (Wildman–Crippen LogP) is 2.81. The molecule has 1 saturated heterocycles. The Hall–Kier alpha value is -2.89. The second-order valence-corrected chi connectivity index (χ2v) is 6.74. The number of carbonyl (C=O) groups is 2. The Bertz CT molecular complexity index is 828. The molecule has 3 rings (SSSR count). The first-order valence-corrected chi connectivity index (χ1v) is 8.97. The average Bonchev–Trinajstić information content (AvgIpc) is 2.69. The fourth-order valence-electron chi connectivity index (χ4n) is 2.99. The van der Waals surface area contributed by atoms with Crippen molar-refractivity contribution in [3.05, 3.63) is 65.0 Å².